The van der Waals surface area contributed by atoms with Crippen LogP contribution >= 0.6 is 22.7 Å². The van der Waals surface area contributed by atoms with Gasteiger partial charge in [0.1, 0.15) is 15.7 Å². The number of nitrogens with zero attached hydrogens (tertiary/aromatic N) is 4. The van der Waals surface area contributed by atoms with E-state index in [0.29, 0.717) is 4.88 Å². The summed E-state index contributed by atoms with van der Waals surface area (Å²) in [4.78, 5) is 18.0. The molecule has 0 fully saturated rings. The van der Waals surface area contributed by atoms with Crippen molar-refractivity contribution < 1.29 is 4.79 Å². The highest BCUT2D eigenvalue weighted by Crippen LogP contribution is 2.30. The SMILES string of the molecule is Cc1nc(-c2ccsc2)sc1C(=O)Nc1ccc(-c2nnc3n2CCCCC3)cc1. The lowest BCUT2D eigenvalue weighted by atomic mass is 10.2. The van der Waals surface area contributed by atoms with Gasteiger partial charge in [-0.25, -0.2) is 4.98 Å². The highest BCUT2D eigenvalue weighted by Gasteiger charge is 2.18. The zero-order valence-electron chi connectivity index (χ0n) is 16.6. The fourth-order valence-corrected chi connectivity index (χ4v) is 5.38. The second-order valence-corrected chi connectivity index (χ2v) is 9.16. The maximum Gasteiger partial charge on any atom is 0.267 e. The number of carbonyl (C=O) groups is 1. The molecule has 152 valence electrons. The number of fused-ring (bicyclic) bond motifs is 1. The van der Waals surface area contributed by atoms with E-state index in [-0.39, 0.29) is 5.91 Å². The third-order valence-electron chi connectivity index (χ3n) is 5.28. The molecule has 1 amide bonds. The topological polar surface area (TPSA) is 72.7 Å². The number of aromatic nitrogens is 4. The van der Waals surface area contributed by atoms with Gasteiger partial charge in [0, 0.05) is 35.2 Å². The molecule has 4 aromatic rings. The van der Waals surface area contributed by atoms with Gasteiger partial charge in [-0.3, -0.25) is 4.79 Å². The molecule has 1 aliphatic rings. The third-order valence-corrected chi connectivity index (χ3v) is 7.17. The molecule has 0 saturated carbocycles. The van der Waals surface area contributed by atoms with Crippen LogP contribution in [0, 0.1) is 6.92 Å². The molecule has 0 aliphatic carbocycles. The number of hydrogen-bond acceptors (Lipinski definition) is 6. The molecule has 30 heavy (non-hydrogen) atoms. The van der Waals surface area contributed by atoms with Crippen molar-refractivity contribution in [2.45, 2.75) is 39.2 Å². The van der Waals surface area contributed by atoms with Gasteiger partial charge in [-0.15, -0.1) is 21.5 Å². The first-order valence-corrected chi connectivity index (χ1v) is 11.8. The molecule has 0 radical (unpaired) electrons. The van der Waals surface area contributed by atoms with Crippen LogP contribution < -0.4 is 5.32 Å². The first-order chi connectivity index (χ1) is 14.7. The minimum atomic E-state index is -0.129. The number of carbonyl (C=O) groups excluding carboxylic acids is 1. The summed E-state index contributed by atoms with van der Waals surface area (Å²) < 4.78 is 2.23. The van der Waals surface area contributed by atoms with Crippen LogP contribution in [0.3, 0.4) is 0 Å². The second kappa shape index (κ2) is 8.12. The Morgan fingerprint density at radius 3 is 2.73 bits per heavy atom. The van der Waals surface area contributed by atoms with Gasteiger partial charge < -0.3 is 9.88 Å². The van der Waals surface area contributed by atoms with E-state index in [1.807, 2.05) is 48.0 Å². The first-order valence-electron chi connectivity index (χ1n) is 10.0. The summed E-state index contributed by atoms with van der Waals surface area (Å²) in [6.45, 7) is 2.84. The van der Waals surface area contributed by atoms with Gasteiger partial charge in [-0.2, -0.15) is 11.3 Å². The van der Waals surface area contributed by atoms with Gasteiger partial charge in [0.2, 0.25) is 0 Å². The Morgan fingerprint density at radius 2 is 1.93 bits per heavy atom. The number of rotatable bonds is 4. The molecule has 6 nitrogen and oxygen atoms in total. The molecule has 8 heteroatoms. The van der Waals surface area contributed by atoms with Crippen LogP contribution in [0.4, 0.5) is 5.69 Å². The van der Waals surface area contributed by atoms with E-state index in [2.05, 4.69) is 25.1 Å². The number of hydrogen-bond donors (Lipinski definition) is 1. The van der Waals surface area contributed by atoms with Crippen molar-refractivity contribution >= 4 is 34.3 Å². The number of benzene rings is 1. The van der Waals surface area contributed by atoms with Crippen LogP contribution in [0.2, 0.25) is 0 Å². The first kappa shape index (κ1) is 19.1. The largest absolute Gasteiger partial charge is 0.321 e. The number of thiophene rings is 1. The highest BCUT2D eigenvalue weighted by atomic mass is 32.1. The van der Waals surface area contributed by atoms with Gasteiger partial charge in [-0.05, 0) is 55.5 Å². The van der Waals surface area contributed by atoms with Crippen LogP contribution in [0.5, 0.6) is 0 Å². The quantitative estimate of drug-likeness (QED) is 0.465. The zero-order valence-corrected chi connectivity index (χ0v) is 18.2. The molecule has 1 N–H and O–H groups in total. The van der Waals surface area contributed by atoms with E-state index in [9.17, 15) is 4.79 Å². The highest BCUT2D eigenvalue weighted by molar-refractivity contribution is 7.17. The minimum Gasteiger partial charge on any atom is -0.321 e. The fraction of sp³-hybridized carbons (Fsp3) is 0.273. The summed E-state index contributed by atoms with van der Waals surface area (Å²) in [6, 6.07) is 9.85. The van der Waals surface area contributed by atoms with E-state index in [4.69, 9.17) is 0 Å². The molecule has 0 bridgehead atoms. The summed E-state index contributed by atoms with van der Waals surface area (Å²) >= 11 is 3.05. The van der Waals surface area contributed by atoms with Crippen molar-refractivity contribution in [3.05, 3.63) is 57.5 Å². The number of anilines is 1. The number of nitrogens with one attached hydrogen (secondary N) is 1. The summed E-state index contributed by atoms with van der Waals surface area (Å²) in [5, 5.41) is 16.7. The van der Waals surface area contributed by atoms with Gasteiger partial charge in [0.05, 0.1) is 5.69 Å². The summed E-state index contributed by atoms with van der Waals surface area (Å²) in [5.41, 5.74) is 3.58. The summed E-state index contributed by atoms with van der Waals surface area (Å²) in [6.07, 6.45) is 4.56. The Labute approximate surface area is 182 Å². The second-order valence-electron chi connectivity index (χ2n) is 7.38. The zero-order chi connectivity index (χ0) is 20.5. The van der Waals surface area contributed by atoms with Crippen molar-refractivity contribution in [3.8, 4) is 22.0 Å². The molecule has 0 saturated heterocycles. The Kier molecular flexibility index (Phi) is 5.18. The van der Waals surface area contributed by atoms with E-state index < -0.39 is 0 Å². The van der Waals surface area contributed by atoms with Gasteiger partial charge >= 0.3 is 0 Å². The normalized spacial score (nSPS) is 13.6. The molecule has 1 aliphatic heterocycles. The van der Waals surface area contributed by atoms with Gasteiger partial charge in [0.25, 0.3) is 5.91 Å². The fourth-order valence-electron chi connectivity index (χ4n) is 3.71. The average molecular weight is 436 g/mol. The van der Waals surface area contributed by atoms with E-state index in [0.717, 1.165) is 58.6 Å². The molecule has 0 spiro atoms. The van der Waals surface area contributed by atoms with Crippen molar-refractivity contribution in [1.29, 1.82) is 0 Å². The molecular weight excluding hydrogens is 414 g/mol. The van der Waals surface area contributed by atoms with Crippen molar-refractivity contribution in [1.82, 2.24) is 19.7 Å². The summed E-state index contributed by atoms with van der Waals surface area (Å²) in [7, 11) is 0. The Morgan fingerprint density at radius 1 is 1.07 bits per heavy atom. The average Bonchev–Trinajstić information content (AvgIpc) is 3.46. The predicted molar refractivity (Wildman–Crippen MR) is 121 cm³/mol. The third kappa shape index (κ3) is 3.68. The van der Waals surface area contributed by atoms with E-state index in [1.54, 1.807) is 11.3 Å². The smallest absolute Gasteiger partial charge is 0.267 e. The van der Waals surface area contributed by atoms with Gasteiger partial charge in [-0.1, -0.05) is 6.42 Å². The molecule has 0 unspecified atom stereocenters. The van der Waals surface area contributed by atoms with Crippen LogP contribution in [0.25, 0.3) is 22.0 Å². The van der Waals surface area contributed by atoms with Gasteiger partial charge in [0.15, 0.2) is 5.82 Å². The Balaban J connectivity index is 1.33. The summed E-state index contributed by atoms with van der Waals surface area (Å²) in [5.74, 6) is 1.85. The molecule has 0 atom stereocenters. The van der Waals surface area contributed by atoms with Crippen molar-refractivity contribution in [2.75, 3.05) is 5.32 Å². The maximum absolute atomic E-state index is 12.8. The lowest BCUT2D eigenvalue weighted by Gasteiger charge is -2.08. The monoisotopic (exact) mass is 435 g/mol. The number of thiazole rings is 1. The lowest BCUT2D eigenvalue weighted by molar-refractivity contribution is 0.103. The van der Waals surface area contributed by atoms with Crippen LogP contribution in [0.1, 0.15) is 40.5 Å². The molecule has 3 aromatic heterocycles. The Bertz CT molecular complexity index is 1180. The van der Waals surface area contributed by atoms with Crippen molar-refractivity contribution in [3.63, 3.8) is 0 Å². The Hall–Kier alpha value is -2.84. The molecule has 1 aromatic carbocycles. The van der Waals surface area contributed by atoms with Crippen molar-refractivity contribution in [2.24, 2.45) is 0 Å². The molecule has 4 heterocycles. The van der Waals surface area contributed by atoms with E-state index in [1.165, 1.54) is 24.2 Å². The number of aryl methyl sites for hydroxylation is 2. The minimum absolute atomic E-state index is 0.129. The van der Waals surface area contributed by atoms with Crippen LogP contribution in [0.15, 0.2) is 41.1 Å². The maximum atomic E-state index is 12.8. The van der Waals surface area contributed by atoms with E-state index >= 15 is 0 Å². The van der Waals surface area contributed by atoms with Crippen LogP contribution in [-0.4, -0.2) is 25.7 Å². The standard InChI is InChI=1S/C22H21N5OS2/c1-14-19(30-22(23-14)16-10-12-29-13-16)21(28)24-17-8-6-15(7-9-17)20-26-25-18-5-3-2-4-11-27(18)20/h6-10,12-13H,2-5,11H2,1H3,(H,24,28). The number of amides is 1. The lowest BCUT2D eigenvalue weighted by Crippen LogP contribution is -2.11. The predicted octanol–water partition coefficient (Wildman–Crippen LogP) is 5.42. The molecule has 5 rings (SSSR count). The molecular formula is C22H21N5OS2. The van der Waals surface area contributed by atoms with Crippen LogP contribution in [-0.2, 0) is 13.0 Å².